The summed E-state index contributed by atoms with van der Waals surface area (Å²) in [4.78, 5) is 27.3. The van der Waals surface area contributed by atoms with Gasteiger partial charge in [0, 0.05) is 6.20 Å². The molecule has 1 heterocycles. The summed E-state index contributed by atoms with van der Waals surface area (Å²) in [5, 5.41) is 4.24. The lowest BCUT2D eigenvalue weighted by Gasteiger charge is -2.13. The fraction of sp³-hybridized carbons (Fsp3) is 0.133. The standard InChI is InChI=1S/C15H12F3N3O2/c16-15(17,18)11-6-1-2-7-12(11)21-14(23)13(22)20-9-10-5-3-4-8-19-10/h1-8H,9H2,(H,20,22)(H,21,23). The van der Waals surface area contributed by atoms with E-state index in [-0.39, 0.29) is 6.54 Å². The topological polar surface area (TPSA) is 71.1 Å². The van der Waals surface area contributed by atoms with Crippen LogP contribution in [-0.4, -0.2) is 16.8 Å². The van der Waals surface area contributed by atoms with Crippen LogP contribution in [0.3, 0.4) is 0 Å². The molecule has 0 aliphatic rings. The summed E-state index contributed by atoms with van der Waals surface area (Å²) in [5.74, 6) is -2.23. The van der Waals surface area contributed by atoms with Gasteiger partial charge in [0.05, 0.1) is 23.5 Å². The maximum Gasteiger partial charge on any atom is 0.418 e. The van der Waals surface area contributed by atoms with E-state index in [1.54, 1.807) is 18.2 Å². The van der Waals surface area contributed by atoms with Gasteiger partial charge in [-0.25, -0.2) is 0 Å². The number of carbonyl (C=O) groups excluding carboxylic acids is 2. The zero-order valence-electron chi connectivity index (χ0n) is 11.7. The SMILES string of the molecule is O=C(NCc1ccccn1)C(=O)Nc1ccccc1C(F)(F)F. The minimum atomic E-state index is -4.63. The van der Waals surface area contributed by atoms with E-state index in [1.807, 2.05) is 5.32 Å². The summed E-state index contributed by atoms with van der Waals surface area (Å²) < 4.78 is 38.4. The Balaban J connectivity index is 2.01. The fourth-order valence-electron chi connectivity index (χ4n) is 1.77. The van der Waals surface area contributed by atoms with E-state index in [1.165, 1.54) is 18.3 Å². The second kappa shape index (κ2) is 6.91. The third-order valence-electron chi connectivity index (χ3n) is 2.84. The summed E-state index contributed by atoms with van der Waals surface area (Å²) in [7, 11) is 0. The number of amides is 2. The fourth-order valence-corrected chi connectivity index (χ4v) is 1.77. The minimum absolute atomic E-state index is 0.00594. The molecule has 0 saturated carbocycles. The normalized spacial score (nSPS) is 10.9. The number of nitrogens with zero attached hydrogens (tertiary/aromatic N) is 1. The van der Waals surface area contributed by atoms with Gasteiger partial charge in [0.1, 0.15) is 0 Å². The van der Waals surface area contributed by atoms with Gasteiger partial charge in [0.2, 0.25) is 0 Å². The van der Waals surface area contributed by atoms with E-state index in [2.05, 4.69) is 10.3 Å². The van der Waals surface area contributed by atoms with Gasteiger partial charge in [0.25, 0.3) is 0 Å². The molecule has 0 aliphatic carbocycles. The van der Waals surface area contributed by atoms with Crippen molar-refractivity contribution in [2.24, 2.45) is 0 Å². The first-order chi connectivity index (χ1) is 10.9. The Hall–Kier alpha value is -2.90. The van der Waals surface area contributed by atoms with Gasteiger partial charge in [-0.2, -0.15) is 13.2 Å². The molecule has 0 unspecified atom stereocenters. The van der Waals surface area contributed by atoms with Gasteiger partial charge >= 0.3 is 18.0 Å². The minimum Gasteiger partial charge on any atom is -0.342 e. The molecule has 1 aromatic carbocycles. The molecule has 0 aliphatic heterocycles. The molecule has 2 amide bonds. The highest BCUT2D eigenvalue weighted by atomic mass is 19.4. The second-order valence-corrected chi connectivity index (χ2v) is 4.50. The lowest BCUT2D eigenvalue weighted by Crippen LogP contribution is -2.35. The molecule has 0 bridgehead atoms. The van der Waals surface area contributed by atoms with Crippen molar-refractivity contribution in [3.05, 3.63) is 59.9 Å². The Kier molecular flexibility index (Phi) is 4.95. The van der Waals surface area contributed by atoms with Crippen molar-refractivity contribution in [2.45, 2.75) is 12.7 Å². The number of rotatable bonds is 3. The van der Waals surface area contributed by atoms with Crippen molar-refractivity contribution in [1.29, 1.82) is 0 Å². The monoisotopic (exact) mass is 323 g/mol. The molecular weight excluding hydrogens is 311 g/mol. The summed E-state index contributed by atoms with van der Waals surface area (Å²) in [6, 6.07) is 9.45. The average Bonchev–Trinajstić information content (AvgIpc) is 2.53. The van der Waals surface area contributed by atoms with Crippen LogP contribution in [-0.2, 0) is 22.3 Å². The summed E-state index contributed by atoms with van der Waals surface area (Å²) in [6.45, 7) is -0.00594. The highest BCUT2D eigenvalue weighted by Gasteiger charge is 2.33. The van der Waals surface area contributed by atoms with Crippen LogP contribution >= 0.6 is 0 Å². The molecule has 23 heavy (non-hydrogen) atoms. The van der Waals surface area contributed by atoms with E-state index in [9.17, 15) is 22.8 Å². The first-order valence-electron chi connectivity index (χ1n) is 6.53. The smallest absolute Gasteiger partial charge is 0.342 e. The van der Waals surface area contributed by atoms with Gasteiger partial charge in [-0.1, -0.05) is 18.2 Å². The van der Waals surface area contributed by atoms with Crippen molar-refractivity contribution >= 4 is 17.5 Å². The average molecular weight is 323 g/mol. The first kappa shape index (κ1) is 16.5. The number of hydrogen-bond donors (Lipinski definition) is 2. The van der Waals surface area contributed by atoms with E-state index >= 15 is 0 Å². The van der Waals surface area contributed by atoms with Crippen LogP contribution in [0.5, 0.6) is 0 Å². The summed E-state index contributed by atoms with van der Waals surface area (Å²) in [6.07, 6.45) is -3.12. The molecule has 120 valence electrons. The van der Waals surface area contributed by atoms with Crippen LogP contribution in [0.25, 0.3) is 0 Å². The third-order valence-corrected chi connectivity index (χ3v) is 2.84. The zero-order valence-corrected chi connectivity index (χ0v) is 11.7. The molecule has 0 atom stereocenters. The van der Waals surface area contributed by atoms with Crippen molar-refractivity contribution in [3.63, 3.8) is 0 Å². The van der Waals surface area contributed by atoms with Crippen LogP contribution in [0.4, 0.5) is 18.9 Å². The highest BCUT2D eigenvalue weighted by Crippen LogP contribution is 2.34. The molecule has 1 aromatic heterocycles. The number of nitrogens with one attached hydrogen (secondary N) is 2. The number of pyridine rings is 1. The molecule has 0 fully saturated rings. The largest absolute Gasteiger partial charge is 0.418 e. The predicted octanol–water partition coefficient (Wildman–Crippen LogP) is 2.36. The van der Waals surface area contributed by atoms with E-state index in [0.29, 0.717) is 5.69 Å². The van der Waals surface area contributed by atoms with E-state index < -0.39 is 29.2 Å². The molecule has 2 rings (SSSR count). The highest BCUT2D eigenvalue weighted by molar-refractivity contribution is 6.39. The van der Waals surface area contributed by atoms with Crippen LogP contribution in [0.15, 0.2) is 48.7 Å². The Morgan fingerprint density at radius 3 is 2.35 bits per heavy atom. The van der Waals surface area contributed by atoms with Crippen molar-refractivity contribution in [3.8, 4) is 0 Å². The molecule has 5 nitrogen and oxygen atoms in total. The van der Waals surface area contributed by atoms with Crippen LogP contribution in [0, 0.1) is 0 Å². The number of anilines is 1. The maximum absolute atomic E-state index is 12.8. The quantitative estimate of drug-likeness (QED) is 0.852. The van der Waals surface area contributed by atoms with Crippen LogP contribution < -0.4 is 10.6 Å². The molecular formula is C15H12F3N3O2. The van der Waals surface area contributed by atoms with Crippen molar-refractivity contribution in [1.82, 2.24) is 10.3 Å². The number of halogens is 3. The molecule has 8 heteroatoms. The Labute approximate surface area is 129 Å². The van der Waals surface area contributed by atoms with E-state index in [0.717, 1.165) is 12.1 Å². The molecule has 0 saturated heterocycles. The molecule has 2 N–H and O–H groups in total. The number of aromatic nitrogens is 1. The van der Waals surface area contributed by atoms with Crippen molar-refractivity contribution < 1.29 is 22.8 Å². The summed E-state index contributed by atoms with van der Waals surface area (Å²) in [5.41, 5.74) is -0.979. The number of hydrogen-bond acceptors (Lipinski definition) is 3. The van der Waals surface area contributed by atoms with Crippen LogP contribution in [0.2, 0.25) is 0 Å². The predicted molar refractivity (Wildman–Crippen MR) is 76.2 cm³/mol. The molecule has 0 spiro atoms. The maximum atomic E-state index is 12.8. The van der Waals surface area contributed by atoms with Gasteiger partial charge in [-0.05, 0) is 24.3 Å². The van der Waals surface area contributed by atoms with Gasteiger partial charge in [-0.15, -0.1) is 0 Å². The number of para-hydroxylation sites is 1. The number of alkyl halides is 3. The molecule has 2 aromatic rings. The second-order valence-electron chi connectivity index (χ2n) is 4.50. The lowest BCUT2D eigenvalue weighted by atomic mass is 10.1. The number of benzene rings is 1. The lowest BCUT2D eigenvalue weighted by molar-refractivity contribution is -0.138. The van der Waals surface area contributed by atoms with Gasteiger partial charge in [0.15, 0.2) is 0 Å². The first-order valence-corrected chi connectivity index (χ1v) is 6.53. The Bertz CT molecular complexity index is 703. The molecule has 0 radical (unpaired) electrons. The Morgan fingerprint density at radius 1 is 1.00 bits per heavy atom. The third kappa shape index (κ3) is 4.53. The van der Waals surface area contributed by atoms with Crippen molar-refractivity contribution in [2.75, 3.05) is 5.32 Å². The Morgan fingerprint density at radius 2 is 1.70 bits per heavy atom. The van der Waals surface area contributed by atoms with Gasteiger partial charge in [-0.3, -0.25) is 14.6 Å². The van der Waals surface area contributed by atoms with Crippen LogP contribution in [0.1, 0.15) is 11.3 Å². The summed E-state index contributed by atoms with van der Waals surface area (Å²) >= 11 is 0. The van der Waals surface area contributed by atoms with E-state index in [4.69, 9.17) is 0 Å². The zero-order chi connectivity index (χ0) is 16.9. The van der Waals surface area contributed by atoms with Gasteiger partial charge < -0.3 is 10.6 Å². The number of carbonyl (C=O) groups is 2.